The molecule has 2 heteroatoms. The molecule has 0 aromatic heterocycles. The third-order valence-electron chi connectivity index (χ3n) is 4.02. The van der Waals surface area contributed by atoms with Gasteiger partial charge in [0.2, 0.25) is 0 Å². The Bertz CT molecular complexity index is 229. The second kappa shape index (κ2) is 10.4. The van der Waals surface area contributed by atoms with E-state index >= 15 is 0 Å². The summed E-state index contributed by atoms with van der Waals surface area (Å²) in [5.41, 5.74) is 0. The Morgan fingerprint density at radius 1 is 1.05 bits per heavy atom. The van der Waals surface area contributed by atoms with E-state index < -0.39 is 0 Å². The van der Waals surface area contributed by atoms with Crippen molar-refractivity contribution in [2.24, 2.45) is 0 Å². The first-order valence-corrected chi connectivity index (χ1v) is 8.17. The van der Waals surface area contributed by atoms with Gasteiger partial charge in [-0.15, -0.1) is 0 Å². The Labute approximate surface area is 119 Å². The first kappa shape index (κ1) is 16.7. The molecule has 1 unspecified atom stereocenters. The molecule has 1 aliphatic rings. The van der Waals surface area contributed by atoms with E-state index in [0.29, 0.717) is 0 Å². The largest absolute Gasteiger partial charge is 0.353 e. The van der Waals surface area contributed by atoms with Crippen LogP contribution in [0.1, 0.15) is 77.6 Å². The number of unbranched alkanes of at least 4 members (excludes halogenated alkanes) is 6. The molecule has 1 rings (SSSR count). The summed E-state index contributed by atoms with van der Waals surface area (Å²) in [6, 6.07) is 0. The zero-order chi connectivity index (χ0) is 13.8. The van der Waals surface area contributed by atoms with Gasteiger partial charge in [-0.1, -0.05) is 51.2 Å². The molecule has 0 radical (unpaired) electrons. The van der Waals surface area contributed by atoms with Gasteiger partial charge in [-0.05, 0) is 25.7 Å². The van der Waals surface area contributed by atoms with Crippen molar-refractivity contribution < 1.29 is 9.47 Å². The average Bonchev–Trinajstić information content (AvgIpc) is 2.90. The number of rotatable bonds is 11. The topological polar surface area (TPSA) is 18.5 Å². The molecule has 1 fully saturated rings. The lowest BCUT2D eigenvalue weighted by atomic mass is 10.1. The third kappa shape index (κ3) is 7.12. The van der Waals surface area contributed by atoms with E-state index in [1.807, 2.05) is 0 Å². The molecule has 112 valence electrons. The highest BCUT2D eigenvalue weighted by Crippen LogP contribution is 2.30. The molecular weight excluding hydrogens is 236 g/mol. The van der Waals surface area contributed by atoms with E-state index in [2.05, 4.69) is 19.1 Å². The second-order valence-corrected chi connectivity index (χ2v) is 5.63. The van der Waals surface area contributed by atoms with Gasteiger partial charge in [-0.2, -0.15) is 0 Å². The molecule has 0 N–H and O–H groups in total. The highest BCUT2D eigenvalue weighted by molar-refractivity contribution is 4.85. The molecule has 0 saturated carbocycles. The summed E-state index contributed by atoms with van der Waals surface area (Å²) in [5.74, 6) is -0.273. The van der Waals surface area contributed by atoms with Crippen molar-refractivity contribution in [3.05, 3.63) is 12.2 Å². The van der Waals surface area contributed by atoms with Crippen molar-refractivity contribution in [3.63, 3.8) is 0 Å². The van der Waals surface area contributed by atoms with E-state index in [1.54, 1.807) is 7.11 Å². The van der Waals surface area contributed by atoms with Crippen LogP contribution in [0.2, 0.25) is 0 Å². The summed E-state index contributed by atoms with van der Waals surface area (Å²) in [6.07, 6.45) is 18.4. The van der Waals surface area contributed by atoms with Gasteiger partial charge in [0, 0.05) is 20.0 Å². The summed E-state index contributed by atoms with van der Waals surface area (Å²) in [6.45, 7) is 3.12. The van der Waals surface area contributed by atoms with Crippen LogP contribution in [0.15, 0.2) is 12.2 Å². The summed E-state index contributed by atoms with van der Waals surface area (Å²) < 4.78 is 11.2. The Morgan fingerprint density at radius 3 is 2.47 bits per heavy atom. The maximum absolute atomic E-state index is 5.72. The zero-order valence-corrected chi connectivity index (χ0v) is 13.0. The first-order valence-electron chi connectivity index (χ1n) is 8.17. The quantitative estimate of drug-likeness (QED) is 0.377. The van der Waals surface area contributed by atoms with Crippen molar-refractivity contribution in [1.82, 2.24) is 0 Å². The van der Waals surface area contributed by atoms with Crippen LogP contribution in [0, 0.1) is 0 Å². The zero-order valence-electron chi connectivity index (χ0n) is 13.0. The highest BCUT2D eigenvalue weighted by atomic mass is 16.7. The molecule has 0 aromatic carbocycles. The van der Waals surface area contributed by atoms with Crippen LogP contribution in [0.5, 0.6) is 0 Å². The van der Waals surface area contributed by atoms with Gasteiger partial charge in [0.1, 0.15) is 0 Å². The number of ether oxygens (including phenoxy) is 2. The van der Waals surface area contributed by atoms with E-state index in [1.165, 1.54) is 44.9 Å². The summed E-state index contributed by atoms with van der Waals surface area (Å²) >= 11 is 0. The molecule has 1 saturated heterocycles. The van der Waals surface area contributed by atoms with Gasteiger partial charge in [0.25, 0.3) is 0 Å². The molecule has 1 atom stereocenters. The van der Waals surface area contributed by atoms with Gasteiger partial charge >= 0.3 is 0 Å². The van der Waals surface area contributed by atoms with Crippen LogP contribution in [0.25, 0.3) is 0 Å². The molecule has 0 spiro atoms. The van der Waals surface area contributed by atoms with Gasteiger partial charge < -0.3 is 9.47 Å². The van der Waals surface area contributed by atoms with Crippen LogP contribution in [0.4, 0.5) is 0 Å². The van der Waals surface area contributed by atoms with Crippen molar-refractivity contribution in [1.29, 1.82) is 0 Å². The molecule has 0 amide bonds. The SMILES string of the molecule is CCCCCCCC/C=C/CCC1(OC)CCCO1. The smallest absolute Gasteiger partial charge is 0.168 e. The lowest BCUT2D eigenvalue weighted by molar-refractivity contribution is -0.196. The molecule has 0 aromatic rings. The van der Waals surface area contributed by atoms with Gasteiger partial charge in [-0.3, -0.25) is 0 Å². The lowest BCUT2D eigenvalue weighted by Crippen LogP contribution is -2.29. The number of allylic oxidation sites excluding steroid dienone is 2. The van der Waals surface area contributed by atoms with E-state index in [9.17, 15) is 0 Å². The summed E-state index contributed by atoms with van der Waals surface area (Å²) in [5, 5.41) is 0. The molecule has 0 aliphatic carbocycles. The van der Waals surface area contributed by atoms with E-state index in [-0.39, 0.29) is 5.79 Å². The van der Waals surface area contributed by atoms with Crippen LogP contribution in [-0.4, -0.2) is 19.5 Å². The van der Waals surface area contributed by atoms with E-state index in [0.717, 1.165) is 32.3 Å². The summed E-state index contributed by atoms with van der Waals surface area (Å²) in [7, 11) is 1.77. The number of hydrogen-bond acceptors (Lipinski definition) is 2. The number of methoxy groups -OCH3 is 1. The minimum atomic E-state index is -0.273. The van der Waals surface area contributed by atoms with Crippen LogP contribution in [0.3, 0.4) is 0 Å². The van der Waals surface area contributed by atoms with Crippen LogP contribution in [-0.2, 0) is 9.47 Å². The maximum Gasteiger partial charge on any atom is 0.168 e. The van der Waals surface area contributed by atoms with Crippen molar-refractivity contribution in [2.75, 3.05) is 13.7 Å². The molecule has 2 nitrogen and oxygen atoms in total. The fourth-order valence-electron chi connectivity index (χ4n) is 2.71. The van der Waals surface area contributed by atoms with Crippen LogP contribution < -0.4 is 0 Å². The molecule has 1 aliphatic heterocycles. The van der Waals surface area contributed by atoms with Crippen LogP contribution >= 0.6 is 0 Å². The normalized spacial score (nSPS) is 23.5. The second-order valence-electron chi connectivity index (χ2n) is 5.63. The van der Waals surface area contributed by atoms with Crippen molar-refractivity contribution in [3.8, 4) is 0 Å². The molecule has 1 heterocycles. The Morgan fingerprint density at radius 2 is 1.79 bits per heavy atom. The third-order valence-corrected chi connectivity index (χ3v) is 4.02. The first-order chi connectivity index (χ1) is 9.33. The highest BCUT2D eigenvalue weighted by Gasteiger charge is 2.33. The Kier molecular flexibility index (Phi) is 9.19. The van der Waals surface area contributed by atoms with Crippen molar-refractivity contribution >= 4 is 0 Å². The van der Waals surface area contributed by atoms with Gasteiger partial charge in [0.05, 0.1) is 6.61 Å². The lowest BCUT2D eigenvalue weighted by Gasteiger charge is -2.25. The molecule has 0 bridgehead atoms. The molecule has 19 heavy (non-hydrogen) atoms. The average molecular weight is 268 g/mol. The minimum Gasteiger partial charge on any atom is -0.353 e. The maximum atomic E-state index is 5.72. The Hall–Kier alpha value is -0.340. The van der Waals surface area contributed by atoms with E-state index in [4.69, 9.17) is 9.47 Å². The summed E-state index contributed by atoms with van der Waals surface area (Å²) in [4.78, 5) is 0. The number of hydrogen-bond donors (Lipinski definition) is 0. The minimum absolute atomic E-state index is 0.273. The Balaban J connectivity index is 1.95. The standard InChI is InChI=1S/C17H32O2/c1-3-4-5-6-7-8-9-10-11-12-14-17(18-2)15-13-16-19-17/h10-11H,3-9,12-16H2,1-2H3/b11-10+. The van der Waals surface area contributed by atoms with Gasteiger partial charge in [-0.25, -0.2) is 0 Å². The van der Waals surface area contributed by atoms with Crippen molar-refractivity contribution in [2.45, 2.75) is 83.3 Å². The fraction of sp³-hybridized carbons (Fsp3) is 0.882. The predicted molar refractivity (Wildman–Crippen MR) is 81.3 cm³/mol. The van der Waals surface area contributed by atoms with Gasteiger partial charge in [0.15, 0.2) is 5.79 Å². The molecular formula is C17H32O2. The fourth-order valence-corrected chi connectivity index (χ4v) is 2.71. The predicted octanol–water partition coefficient (Wildman–Crippen LogP) is 5.23. The monoisotopic (exact) mass is 268 g/mol.